The molecule has 0 spiro atoms. The topological polar surface area (TPSA) is 95.6 Å². The van der Waals surface area contributed by atoms with Crippen molar-refractivity contribution in [3.63, 3.8) is 0 Å². The number of nitrogens with one attached hydrogen (secondary N) is 1. The average molecular weight is 244 g/mol. The molecule has 2 unspecified atom stereocenters. The van der Waals surface area contributed by atoms with Crippen molar-refractivity contribution in [2.24, 2.45) is 11.7 Å². The first-order chi connectivity index (χ1) is 7.85. The van der Waals surface area contributed by atoms with Crippen LogP contribution in [0.25, 0.3) is 0 Å². The number of carbonyl (C=O) groups excluding carboxylic acids is 1. The van der Waals surface area contributed by atoms with Crippen LogP contribution >= 0.6 is 0 Å². The van der Waals surface area contributed by atoms with Gasteiger partial charge in [0.15, 0.2) is 0 Å². The molecule has 0 radical (unpaired) electrons. The van der Waals surface area contributed by atoms with Crippen molar-refractivity contribution in [2.75, 3.05) is 13.2 Å². The molecule has 17 heavy (non-hydrogen) atoms. The van der Waals surface area contributed by atoms with E-state index in [0.29, 0.717) is 18.8 Å². The summed E-state index contributed by atoms with van der Waals surface area (Å²) in [6, 6.07) is 0. The monoisotopic (exact) mass is 244 g/mol. The van der Waals surface area contributed by atoms with Gasteiger partial charge in [-0.1, -0.05) is 19.8 Å². The first-order valence-electron chi connectivity index (χ1n) is 6.18. The third kappa shape index (κ3) is 3.40. The average Bonchev–Trinajstić information content (AvgIpc) is 2.28. The predicted molar refractivity (Wildman–Crippen MR) is 65.3 cm³/mol. The number of carbonyl (C=O) groups is 1. The molecule has 1 rings (SSSR count). The Bertz CT molecular complexity index is 279. The van der Waals surface area contributed by atoms with E-state index in [2.05, 4.69) is 12.2 Å². The van der Waals surface area contributed by atoms with E-state index in [-0.39, 0.29) is 19.1 Å². The van der Waals surface area contributed by atoms with Crippen LogP contribution in [0.2, 0.25) is 0 Å². The maximum Gasteiger partial charge on any atom is 0.240 e. The van der Waals surface area contributed by atoms with Crippen molar-refractivity contribution in [1.29, 1.82) is 0 Å². The van der Waals surface area contributed by atoms with Gasteiger partial charge in [0.1, 0.15) is 0 Å². The Balaban J connectivity index is 2.68. The zero-order chi connectivity index (χ0) is 13.1. The summed E-state index contributed by atoms with van der Waals surface area (Å²) in [5.41, 5.74) is 4.28. The number of amides is 1. The van der Waals surface area contributed by atoms with Crippen LogP contribution in [-0.4, -0.2) is 40.4 Å². The molecule has 5 nitrogen and oxygen atoms in total. The quantitative estimate of drug-likeness (QED) is 0.548. The predicted octanol–water partition coefficient (Wildman–Crippen LogP) is -0.246. The largest absolute Gasteiger partial charge is 0.394 e. The highest BCUT2D eigenvalue weighted by Gasteiger charge is 2.40. The summed E-state index contributed by atoms with van der Waals surface area (Å²) in [5.74, 6) is 0.170. The van der Waals surface area contributed by atoms with Crippen molar-refractivity contribution in [1.82, 2.24) is 5.32 Å². The first-order valence-corrected chi connectivity index (χ1v) is 6.18. The van der Waals surface area contributed by atoms with Gasteiger partial charge in [0.05, 0.1) is 24.3 Å². The minimum Gasteiger partial charge on any atom is -0.394 e. The van der Waals surface area contributed by atoms with Gasteiger partial charge in [-0.15, -0.1) is 0 Å². The van der Waals surface area contributed by atoms with Crippen molar-refractivity contribution in [3.8, 4) is 0 Å². The van der Waals surface area contributed by atoms with Crippen molar-refractivity contribution >= 4 is 5.91 Å². The van der Waals surface area contributed by atoms with Gasteiger partial charge in [-0.05, 0) is 25.7 Å². The maximum atomic E-state index is 12.1. The molecule has 0 aliphatic heterocycles. The number of rotatable bonds is 4. The van der Waals surface area contributed by atoms with Gasteiger partial charge in [-0.25, -0.2) is 0 Å². The molecule has 0 aromatic carbocycles. The molecule has 2 atom stereocenters. The third-order valence-electron chi connectivity index (χ3n) is 3.60. The van der Waals surface area contributed by atoms with E-state index in [1.165, 1.54) is 0 Å². The second-order valence-electron chi connectivity index (χ2n) is 5.69. The van der Waals surface area contributed by atoms with Crippen LogP contribution in [0.4, 0.5) is 0 Å². The van der Waals surface area contributed by atoms with E-state index >= 15 is 0 Å². The van der Waals surface area contributed by atoms with Gasteiger partial charge >= 0.3 is 0 Å². The lowest BCUT2D eigenvalue weighted by atomic mass is 9.76. The van der Waals surface area contributed by atoms with Crippen LogP contribution in [0.1, 0.15) is 39.5 Å². The SMILES string of the molecule is CC1CCCC(N)(C(=O)NC(C)(CO)CO)C1. The summed E-state index contributed by atoms with van der Waals surface area (Å²) in [5, 5.41) is 21.0. The Morgan fingerprint density at radius 3 is 2.59 bits per heavy atom. The second kappa shape index (κ2) is 5.33. The standard InChI is InChI=1S/C12H24N2O3/c1-9-4-3-5-12(13,6-9)10(17)14-11(2,7-15)8-16/h9,15-16H,3-8,13H2,1-2H3,(H,14,17). The minimum absolute atomic E-state index is 0.269. The molecule has 100 valence electrons. The summed E-state index contributed by atoms with van der Waals surface area (Å²) in [6.45, 7) is 3.08. The molecule has 1 fully saturated rings. The number of aliphatic hydroxyl groups excluding tert-OH is 2. The Labute approximate surface area is 102 Å². The van der Waals surface area contributed by atoms with E-state index in [1.54, 1.807) is 6.92 Å². The molecule has 0 bridgehead atoms. The van der Waals surface area contributed by atoms with E-state index < -0.39 is 11.1 Å². The smallest absolute Gasteiger partial charge is 0.240 e. The van der Waals surface area contributed by atoms with Crippen LogP contribution in [0.15, 0.2) is 0 Å². The van der Waals surface area contributed by atoms with Gasteiger partial charge in [0.25, 0.3) is 0 Å². The minimum atomic E-state index is -0.996. The van der Waals surface area contributed by atoms with Gasteiger partial charge in [-0.3, -0.25) is 4.79 Å². The summed E-state index contributed by atoms with van der Waals surface area (Å²) >= 11 is 0. The fraction of sp³-hybridized carbons (Fsp3) is 0.917. The maximum absolute atomic E-state index is 12.1. The molecular formula is C12H24N2O3. The van der Waals surface area contributed by atoms with Gasteiger partial charge < -0.3 is 21.3 Å². The van der Waals surface area contributed by atoms with Gasteiger partial charge in [0.2, 0.25) is 5.91 Å². The molecule has 5 N–H and O–H groups in total. The highest BCUT2D eigenvalue weighted by Crippen LogP contribution is 2.30. The summed E-state index contributed by atoms with van der Waals surface area (Å²) in [4.78, 5) is 12.1. The normalized spacial score (nSPS) is 30.1. The number of hydrogen-bond acceptors (Lipinski definition) is 4. The van der Waals surface area contributed by atoms with Crippen LogP contribution in [0.5, 0.6) is 0 Å². The molecule has 0 heterocycles. The van der Waals surface area contributed by atoms with Crippen LogP contribution in [0, 0.1) is 5.92 Å². The Hall–Kier alpha value is -0.650. The molecule has 0 saturated heterocycles. The molecular weight excluding hydrogens is 220 g/mol. The Kier molecular flexibility index (Phi) is 4.52. The molecule has 1 aliphatic rings. The zero-order valence-corrected chi connectivity index (χ0v) is 10.7. The number of aliphatic hydroxyl groups is 2. The van der Waals surface area contributed by atoms with Gasteiger partial charge in [0, 0.05) is 0 Å². The molecule has 0 aromatic rings. The van der Waals surface area contributed by atoms with Crippen LogP contribution < -0.4 is 11.1 Å². The highest BCUT2D eigenvalue weighted by molar-refractivity contribution is 5.86. The van der Waals surface area contributed by atoms with Crippen molar-refractivity contribution < 1.29 is 15.0 Å². The number of hydrogen-bond donors (Lipinski definition) is 4. The van der Waals surface area contributed by atoms with E-state index in [1.807, 2.05) is 0 Å². The number of nitrogens with two attached hydrogens (primary N) is 1. The van der Waals surface area contributed by atoms with Crippen molar-refractivity contribution in [2.45, 2.75) is 50.6 Å². The van der Waals surface area contributed by atoms with Gasteiger partial charge in [-0.2, -0.15) is 0 Å². The summed E-state index contributed by atoms with van der Waals surface area (Å²) in [7, 11) is 0. The van der Waals surface area contributed by atoms with E-state index in [4.69, 9.17) is 15.9 Å². The zero-order valence-electron chi connectivity index (χ0n) is 10.7. The lowest BCUT2D eigenvalue weighted by Crippen LogP contribution is -2.63. The molecule has 1 aliphatic carbocycles. The lowest BCUT2D eigenvalue weighted by Gasteiger charge is -2.38. The Morgan fingerprint density at radius 1 is 1.53 bits per heavy atom. The molecule has 1 amide bonds. The summed E-state index contributed by atoms with van der Waals surface area (Å²) in [6.07, 6.45) is 3.37. The van der Waals surface area contributed by atoms with Crippen molar-refractivity contribution in [3.05, 3.63) is 0 Å². The van der Waals surface area contributed by atoms with E-state index in [0.717, 1.165) is 12.8 Å². The second-order valence-corrected chi connectivity index (χ2v) is 5.69. The molecule has 0 aromatic heterocycles. The first kappa shape index (κ1) is 14.4. The fourth-order valence-electron chi connectivity index (χ4n) is 2.33. The van der Waals surface area contributed by atoms with E-state index in [9.17, 15) is 4.79 Å². The molecule has 5 heteroatoms. The van der Waals surface area contributed by atoms with Crippen LogP contribution in [0.3, 0.4) is 0 Å². The highest BCUT2D eigenvalue weighted by atomic mass is 16.3. The molecule has 1 saturated carbocycles. The summed E-state index contributed by atoms with van der Waals surface area (Å²) < 4.78 is 0. The fourth-order valence-corrected chi connectivity index (χ4v) is 2.33. The lowest BCUT2D eigenvalue weighted by molar-refractivity contribution is -0.131. The Morgan fingerprint density at radius 2 is 2.12 bits per heavy atom. The third-order valence-corrected chi connectivity index (χ3v) is 3.60. The van der Waals surface area contributed by atoms with Crippen LogP contribution in [-0.2, 0) is 4.79 Å².